The Bertz CT molecular complexity index is 715. The van der Waals surface area contributed by atoms with Gasteiger partial charge in [0.2, 0.25) is 0 Å². The number of nitrogens with zero attached hydrogens (tertiary/aromatic N) is 1. The largest absolute Gasteiger partial charge is 0.381 e. The summed E-state index contributed by atoms with van der Waals surface area (Å²) < 4.78 is 32.7. The number of sulfonamides is 1. The van der Waals surface area contributed by atoms with E-state index in [2.05, 4.69) is 9.71 Å². The number of thiazole rings is 1. The van der Waals surface area contributed by atoms with Gasteiger partial charge in [-0.15, -0.1) is 22.7 Å². The summed E-state index contributed by atoms with van der Waals surface area (Å²) in [6.45, 7) is 3.37. The molecule has 1 saturated heterocycles. The van der Waals surface area contributed by atoms with Gasteiger partial charge >= 0.3 is 0 Å². The van der Waals surface area contributed by atoms with Crippen molar-refractivity contribution in [3.8, 4) is 0 Å². The van der Waals surface area contributed by atoms with Gasteiger partial charge in [0, 0.05) is 24.5 Å². The van der Waals surface area contributed by atoms with Crippen LogP contribution in [-0.2, 0) is 14.8 Å². The van der Waals surface area contributed by atoms with Crippen molar-refractivity contribution < 1.29 is 13.2 Å². The van der Waals surface area contributed by atoms with E-state index in [-0.39, 0.29) is 0 Å². The number of nitrogens with one attached hydrogen (secondary N) is 1. The standard InChI is InChI=1S/C13H16N2O3S3/c1-9-6-12(19-7-9)21(16,17)15-13-14-11(8-20-13)10-2-4-18-5-3-10/h6-8,10H,2-5H2,1H3,(H,14,15). The smallest absolute Gasteiger partial charge is 0.273 e. The first kappa shape index (κ1) is 15.0. The number of hydrogen-bond acceptors (Lipinski definition) is 6. The summed E-state index contributed by atoms with van der Waals surface area (Å²) in [7, 11) is -3.52. The summed E-state index contributed by atoms with van der Waals surface area (Å²) in [5, 5.41) is 4.19. The van der Waals surface area contributed by atoms with Gasteiger partial charge in [0.15, 0.2) is 5.13 Å². The number of aromatic nitrogens is 1. The van der Waals surface area contributed by atoms with E-state index in [4.69, 9.17) is 4.74 Å². The lowest BCUT2D eigenvalue weighted by Gasteiger charge is -2.19. The van der Waals surface area contributed by atoms with Gasteiger partial charge in [-0.1, -0.05) is 0 Å². The summed E-state index contributed by atoms with van der Waals surface area (Å²) in [4.78, 5) is 4.43. The molecule has 0 spiro atoms. The van der Waals surface area contributed by atoms with E-state index in [1.807, 2.05) is 17.7 Å². The fraction of sp³-hybridized carbons (Fsp3) is 0.462. The van der Waals surface area contributed by atoms with Crippen LogP contribution in [0.5, 0.6) is 0 Å². The Morgan fingerprint density at radius 3 is 2.71 bits per heavy atom. The van der Waals surface area contributed by atoms with Gasteiger partial charge in [-0.3, -0.25) is 4.72 Å². The van der Waals surface area contributed by atoms with Crippen molar-refractivity contribution in [2.24, 2.45) is 0 Å². The molecule has 0 unspecified atom stereocenters. The molecular formula is C13H16N2O3S3. The van der Waals surface area contributed by atoms with Crippen molar-refractivity contribution in [1.29, 1.82) is 0 Å². The molecule has 0 bridgehead atoms. The molecule has 0 amide bonds. The molecule has 0 aliphatic carbocycles. The SMILES string of the molecule is Cc1csc(S(=O)(=O)Nc2nc(C3CCOCC3)cs2)c1. The van der Waals surface area contributed by atoms with E-state index in [1.54, 1.807) is 6.07 Å². The van der Waals surface area contributed by atoms with E-state index in [9.17, 15) is 8.42 Å². The molecule has 0 radical (unpaired) electrons. The molecule has 8 heteroatoms. The lowest BCUT2D eigenvalue weighted by Crippen LogP contribution is -2.15. The van der Waals surface area contributed by atoms with Crippen LogP contribution in [0.25, 0.3) is 0 Å². The Kier molecular flexibility index (Phi) is 4.30. The molecule has 0 saturated carbocycles. The lowest BCUT2D eigenvalue weighted by atomic mass is 9.98. The second-order valence-electron chi connectivity index (χ2n) is 5.01. The molecule has 3 heterocycles. The molecule has 1 aliphatic rings. The van der Waals surface area contributed by atoms with Crippen molar-refractivity contribution >= 4 is 37.8 Å². The van der Waals surface area contributed by atoms with Gasteiger partial charge in [0.05, 0.1) is 5.69 Å². The number of hydrogen-bond donors (Lipinski definition) is 1. The maximum atomic E-state index is 12.2. The van der Waals surface area contributed by atoms with Crippen LogP contribution >= 0.6 is 22.7 Å². The summed E-state index contributed by atoms with van der Waals surface area (Å²) >= 11 is 2.55. The topological polar surface area (TPSA) is 68.3 Å². The zero-order valence-corrected chi connectivity index (χ0v) is 14.0. The van der Waals surface area contributed by atoms with Gasteiger partial charge in [0.1, 0.15) is 4.21 Å². The summed E-state index contributed by atoms with van der Waals surface area (Å²) in [5.41, 5.74) is 1.91. The summed E-state index contributed by atoms with van der Waals surface area (Å²) in [5.74, 6) is 0.372. The van der Waals surface area contributed by atoms with E-state index < -0.39 is 10.0 Å². The van der Waals surface area contributed by atoms with E-state index >= 15 is 0 Å². The number of ether oxygens (including phenoxy) is 1. The van der Waals surface area contributed by atoms with E-state index in [0.29, 0.717) is 15.3 Å². The fourth-order valence-electron chi connectivity index (χ4n) is 2.22. The first-order chi connectivity index (χ1) is 10.0. The minimum absolute atomic E-state index is 0.322. The van der Waals surface area contributed by atoms with E-state index in [0.717, 1.165) is 37.3 Å². The maximum absolute atomic E-state index is 12.2. The molecule has 21 heavy (non-hydrogen) atoms. The van der Waals surface area contributed by atoms with Crippen LogP contribution in [0.15, 0.2) is 21.0 Å². The van der Waals surface area contributed by atoms with Gasteiger partial charge < -0.3 is 4.74 Å². The van der Waals surface area contributed by atoms with Crippen molar-refractivity contribution in [3.63, 3.8) is 0 Å². The molecule has 0 aromatic carbocycles. The van der Waals surface area contributed by atoms with Gasteiger partial charge in [-0.25, -0.2) is 13.4 Å². The molecule has 3 rings (SSSR count). The molecule has 1 fully saturated rings. The predicted molar refractivity (Wildman–Crippen MR) is 84.8 cm³/mol. The van der Waals surface area contributed by atoms with Gasteiger partial charge in [-0.2, -0.15) is 0 Å². The van der Waals surface area contributed by atoms with Crippen molar-refractivity contribution in [2.45, 2.75) is 29.9 Å². The summed E-state index contributed by atoms with van der Waals surface area (Å²) in [6, 6.07) is 1.67. The first-order valence-electron chi connectivity index (χ1n) is 6.66. The predicted octanol–water partition coefficient (Wildman–Crippen LogP) is 3.21. The number of rotatable bonds is 4. The molecular weight excluding hydrogens is 328 g/mol. The third-order valence-electron chi connectivity index (χ3n) is 3.35. The number of thiophene rings is 1. The quantitative estimate of drug-likeness (QED) is 0.925. The second-order valence-corrected chi connectivity index (χ2v) is 8.69. The third-order valence-corrected chi connectivity index (χ3v) is 7.16. The third kappa shape index (κ3) is 3.45. The number of aryl methyl sites for hydroxylation is 1. The van der Waals surface area contributed by atoms with E-state index in [1.165, 1.54) is 22.7 Å². The Hall–Kier alpha value is -0.960. The summed E-state index contributed by atoms with van der Waals surface area (Å²) in [6.07, 6.45) is 1.89. The van der Waals surface area contributed by atoms with Crippen LogP contribution in [0.1, 0.15) is 30.0 Å². The molecule has 0 atom stereocenters. The molecule has 114 valence electrons. The molecule has 1 N–H and O–H groups in total. The van der Waals surface area contributed by atoms with Gasteiger partial charge in [0.25, 0.3) is 10.0 Å². The van der Waals surface area contributed by atoms with Crippen LogP contribution in [0, 0.1) is 6.92 Å². The lowest BCUT2D eigenvalue weighted by molar-refractivity contribution is 0.0846. The highest BCUT2D eigenvalue weighted by Crippen LogP contribution is 2.31. The highest BCUT2D eigenvalue weighted by atomic mass is 32.2. The average molecular weight is 344 g/mol. The molecule has 2 aromatic heterocycles. The van der Waals surface area contributed by atoms with Crippen LogP contribution in [0.4, 0.5) is 5.13 Å². The molecule has 2 aromatic rings. The Morgan fingerprint density at radius 2 is 2.05 bits per heavy atom. The van der Waals surface area contributed by atoms with Crippen LogP contribution in [0.3, 0.4) is 0 Å². The minimum Gasteiger partial charge on any atom is -0.381 e. The zero-order valence-electron chi connectivity index (χ0n) is 11.5. The monoisotopic (exact) mass is 344 g/mol. The second kappa shape index (κ2) is 6.04. The Labute approximate surface area is 132 Å². The normalized spacial score (nSPS) is 17.0. The van der Waals surface area contributed by atoms with Crippen LogP contribution in [-0.4, -0.2) is 26.6 Å². The Balaban J connectivity index is 1.74. The molecule has 1 aliphatic heterocycles. The fourth-order valence-corrected chi connectivity index (χ4v) is 5.50. The van der Waals surface area contributed by atoms with Crippen LogP contribution in [0.2, 0.25) is 0 Å². The maximum Gasteiger partial charge on any atom is 0.273 e. The van der Waals surface area contributed by atoms with Crippen molar-refractivity contribution in [3.05, 3.63) is 28.1 Å². The highest BCUT2D eigenvalue weighted by Gasteiger charge is 2.21. The first-order valence-corrected chi connectivity index (χ1v) is 9.90. The zero-order chi connectivity index (χ0) is 14.9. The average Bonchev–Trinajstić information content (AvgIpc) is 3.09. The van der Waals surface area contributed by atoms with Gasteiger partial charge in [-0.05, 0) is 36.8 Å². The van der Waals surface area contributed by atoms with Crippen molar-refractivity contribution in [2.75, 3.05) is 17.9 Å². The molecule has 5 nitrogen and oxygen atoms in total. The highest BCUT2D eigenvalue weighted by molar-refractivity contribution is 7.94. The Morgan fingerprint density at radius 1 is 1.29 bits per heavy atom. The van der Waals surface area contributed by atoms with Crippen molar-refractivity contribution in [1.82, 2.24) is 4.98 Å². The minimum atomic E-state index is -3.52. The number of anilines is 1. The van der Waals surface area contributed by atoms with Crippen LogP contribution < -0.4 is 4.72 Å².